The quantitative estimate of drug-likeness (QED) is 0.120. The van der Waals surface area contributed by atoms with Crippen molar-refractivity contribution in [3.63, 3.8) is 0 Å². The summed E-state index contributed by atoms with van der Waals surface area (Å²) in [5.41, 5.74) is 9.17. The minimum absolute atomic E-state index is 0.162. The van der Waals surface area contributed by atoms with Crippen LogP contribution in [0.25, 0.3) is 0 Å². The largest absolute Gasteiger partial charge is 0.790 e. The molecule has 1 aromatic rings. The van der Waals surface area contributed by atoms with E-state index in [4.69, 9.17) is 10.5 Å². The number of unbranched alkanes of at least 4 members (excludes halogenated alkanes) is 1. The number of aromatic nitrogens is 2. The smallest absolute Gasteiger partial charge is 0.395 e. The second kappa shape index (κ2) is 10.4. The summed E-state index contributed by atoms with van der Waals surface area (Å²) in [6.07, 6.45) is -2.49. The molecule has 5 atom stereocenters. The molecular weight excluding hydrogens is 425 g/mol. The number of ether oxygens (including phenoxy) is 1. The molecule has 14 nitrogen and oxygen atoms in total. The van der Waals surface area contributed by atoms with Gasteiger partial charge >= 0.3 is 5.95 Å². The Morgan fingerprint density at radius 1 is 1.43 bits per heavy atom. The summed E-state index contributed by atoms with van der Waals surface area (Å²) in [4.78, 5) is 36.1. The van der Waals surface area contributed by atoms with Crippen LogP contribution < -0.4 is 36.2 Å². The zero-order valence-electron chi connectivity index (χ0n) is 16.0. The number of nitrogens with two attached hydrogens (primary N) is 1. The Bertz CT molecular complexity index is 779. The van der Waals surface area contributed by atoms with Crippen molar-refractivity contribution in [1.82, 2.24) is 4.98 Å². The fourth-order valence-electron chi connectivity index (χ4n) is 2.88. The summed E-state index contributed by atoms with van der Waals surface area (Å²) in [6.45, 7) is -0.376. The summed E-state index contributed by atoms with van der Waals surface area (Å²) in [5.74, 6) is -0.861. The topological polar surface area (TPSA) is 245 Å². The number of nitrogens with one attached hydrogen (secondary N) is 1. The number of aliphatic hydroxyl groups excluding tert-OH is 2. The molecule has 1 aliphatic heterocycles. The Labute approximate surface area is 171 Å². The van der Waals surface area contributed by atoms with Crippen LogP contribution in [0.5, 0.6) is 0 Å². The van der Waals surface area contributed by atoms with Gasteiger partial charge in [-0.3, -0.25) is 5.32 Å². The number of rotatable bonds is 11. The Kier molecular flexibility index (Phi) is 8.46. The number of anilines is 2. The molecule has 0 amide bonds. The molecule has 1 aromatic heterocycles. The first-order chi connectivity index (χ1) is 14.0. The first-order valence-electron chi connectivity index (χ1n) is 9.13. The third-order valence-electron chi connectivity index (χ3n) is 4.49. The average Bonchev–Trinajstić information content (AvgIpc) is 2.93. The van der Waals surface area contributed by atoms with Gasteiger partial charge in [0.1, 0.15) is 24.4 Å². The molecule has 1 aliphatic rings. The van der Waals surface area contributed by atoms with E-state index in [2.05, 4.69) is 20.6 Å². The fourth-order valence-corrected chi connectivity index (χ4v) is 3.21. The van der Waals surface area contributed by atoms with Crippen LogP contribution in [0, 0.1) is 0 Å². The van der Waals surface area contributed by atoms with Crippen LogP contribution in [0.15, 0.2) is 12.3 Å². The SMILES string of the molecule is Nc1cc[n+]([C@@H]2O[C@H](COP(=O)([O-])[O-])[C@@H](O)[C@H]2O)c(NCCCC[C@H]([NH3+])C(=O)[O-])n1. The summed E-state index contributed by atoms with van der Waals surface area (Å²) >= 11 is 0. The van der Waals surface area contributed by atoms with Crippen LogP contribution in [-0.4, -0.2) is 58.7 Å². The molecule has 1 fully saturated rings. The number of phosphoric ester groups is 1. The Morgan fingerprint density at radius 2 is 2.13 bits per heavy atom. The molecule has 8 N–H and O–H groups in total. The number of quaternary nitrogens is 1. The molecule has 0 aromatic carbocycles. The lowest BCUT2D eigenvalue weighted by atomic mass is 10.1. The third-order valence-corrected chi connectivity index (χ3v) is 4.95. The lowest BCUT2D eigenvalue weighted by Crippen LogP contribution is -2.68. The number of phosphoric acid groups is 1. The summed E-state index contributed by atoms with van der Waals surface area (Å²) in [5, 5.41) is 34.0. The zero-order valence-corrected chi connectivity index (χ0v) is 16.8. The summed E-state index contributed by atoms with van der Waals surface area (Å²) in [7, 11) is -5.27. The molecule has 15 heteroatoms. The number of carbonyl (C=O) groups is 1. The molecule has 0 bridgehead atoms. The Morgan fingerprint density at radius 3 is 2.77 bits per heavy atom. The number of nitrogen functional groups attached to an aromatic ring is 1. The molecule has 0 saturated carbocycles. The number of hydrogen-bond donors (Lipinski definition) is 5. The highest BCUT2D eigenvalue weighted by atomic mass is 31.2. The second-order valence-corrected chi connectivity index (χ2v) is 7.96. The van der Waals surface area contributed by atoms with Crippen LogP contribution in [0.2, 0.25) is 0 Å². The fraction of sp³-hybridized carbons (Fsp3) is 0.667. The molecule has 0 radical (unpaired) electrons. The first kappa shape index (κ1) is 24.4. The summed E-state index contributed by atoms with van der Waals surface area (Å²) < 4.78 is 21.6. The van der Waals surface area contributed by atoms with E-state index in [1.54, 1.807) is 0 Å². The van der Waals surface area contributed by atoms with Crippen molar-refractivity contribution < 1.29 is 54.0 Å². The average molecular weight is 450 g/mol. The lowest BCUT2D eigenvalue weighted by molar-refractivity contribution is -0.755. The predicted octanol–water partition coefficient (Wildman–Crippen LogP) is -5.64. The highest BCUT2D eigenvalue weighted by Gasteiger charge is 2.46. The van der Waals surface area contributed by atoms with Crippen molar-refractivity contribution >= 4 is 25.6 Å². The Balaban J connectivity index is 2.01. The van der Waals surface area contributed by atoms with Crippen LogP contribution in [0.1, 0.15) is 25.5 Å². The highest BCUT2D eigenvalue weighted by Crippen LogP contribution is 2.31. The first-order valence-corrected chi connectivity index (χ1v) is 10.6. The van der Waals surface area contributed by atoms with Crippen LogP contribution >= 0.6 is 7.82 Å². The van der Waals surface area contributed by atoms with Crippen molar-refractivity contribution in [2.75, 3.05) is 24.2 Å². The van der Waals surface area contributed by atoms with Crippen molar-refractivity contribution in [3.8, 4) is 0 Å². The maximum absolute atomic E-state index is 10.7. The molecule has 30 heavy (non-hydrogen) atoms. The maximum atomic E-state index is 10.7. The molecule has 0 aliphatic carbocycles. The standard InChI is InChI=1S/C15H26N5O9P/c16-8(14(23)24)3-1-2-5-18-15-19-10(17)4-6-20(15)13-12(22)11(21)9(29-13)7-28-30(25,26)27/h4,6,8-9,11-13,21-22H,1-3,5,7,16H2,(H5,17,18,19,23,24,25,26,27)/p-1/t8-,9+,11+,12+,13+/m0/s1. The maximum Gasteiger partial charge on any atom is 0.395 e. The van der Waals surface area contributed by atoms with Gasteiger partial charge in [0.2, 0.25) is 12.0 Å². The number of aliphatic hydroxyl groups is 2. The number of carboxylic acids is 1. The number of carboxylic acid groups (broad SMARTS) is 1. The zero-order chi connectivity index (χ0) is 22.5. The van der Waals surface area contributed by atoms with Crippen molar-refractivity contribution in [2.45, 2.75) is 49.8 Å². The predicted molar refractivity (Wildman–Crippen MR) is 92.4 cm³/mol. The molecule has 2 heterocycles. The Hall–Kier alpha value is -1.90. The third kappa shape index (κ3) is 6.82. The van der Waals surface area contributed by atoms with E-state index in [-0.39, 0.29) is 11.8 Å². The van der Waals surface area contributed by atoms with Gasteiger partial charge in [0.15, 0.2) is 0 Å². The molecule has 1 saturated heterocycles. The minimum Gasteiger partial charge on any atom is -0.790 e. The van der Waals surface area contributed by atoms with E-state index >= 15 is 0 Å². The monoisotopic (exact) mass is 450 g/mol. The van der Waals surface area contributed by atoms with Crippen LogP contribution in [-0.2, 0) is 18.6 Å². The van der Waals surface area contributed by atoms with Crippen LogP contribution in [0.3, 0.4) is 0 Å². The van der Waals surface area contributed by atoms with Crippen molar-refractivity contribution in [3.05, 3.63) is 12.3 Å². The highest BCUT2D eigenvalue weighted by molar-refractivity contribution is 7.43. The molecule has 170 valence electrons. The van der Waals surface area contributed by atoms with Gasteiger partial charge in [0.25, 0.3) is 0 Å². The van der Waals surface area contributed by atoms with Gasteiger partial charge in [-0.2, -0.15) is 0 Å². The van der Waals surface area contributed by atoms with Gasteiger partial charge in [-0.1, -0.05) is 4.98 Å². The van der Waals surface area contributed by atoms with E-state index in [0.29, 0.717) is 25.8 Å². The van der Waals surface area contributed by atoms with Gasteiger partial charge in [0, 0.05) is 12.5 Å². The van der Waals surface area contributed by atoms with E-state index in [0.717, 1.165) is 0 Å². The van der Waals surface area contributed by atoms with Crippen LogP contribution in [0.4, 0.5) is 11.8 Å². The molecule has 0 spiro atoms. The minimum atomic E-state index is -5.27. The molecular formula is C15H25N5O9P-. The van der Waals surface area contributed by atoms with E-state index in [1.165, 1.54) is 16.8 Å². The second-order valence-electron chi connectivity index (χ2n) is 6.81. The number of carbonyl (C=O) groups excluding carboxylic acids is 1. The van der Waals surface area contributed by atoms with E-state index < -0.39 is 51.0 Å². The molecule has 2 rings (SSSR count). The summed E-state index contributed by atoms with van der Waals surface area (Å²) in [6, 6.07) is 0.621. The number of aliphatic carboxylic acids is 1. The van der Waals surface area contributed by atoms with Crippen molar-refractivity contribution in [1.29, 1.82) is 0 Å². The normalized spacial score (nSPS) is 25.2. The van der Waals surface area contributed by atoms with Gasteiger partial charge in [-0.15, -0.1) is 0 Å². The van der Waals surface area contributed by atoms with E-state index in [1.807, 2.05) is 0 Å². The lowest BCUT2D eigenvalue weighted by Gasteiger charge is -2.30. The number of hydrogen-bond acceptors (Lipinski definition) is 12. The van der Waals surface area contributed by atoms with Gasteiger partial charge < -0.3 is 55.2 Å². The van der Waals surface area contributed by atoms with Crippen molar-refractivity contribution in [2.24, 2.45) is 0 Å². The van der Waals surface area contributed by atoms with Gasteiger partial charge in [-0.05, 0) is 12.8 Å². The van der Waals surface area contributed by atoms with Gasteiger partial charge in [-0.25, -0.2) is 4.57 Å². The number of nitrogens with zero attached hydrogens (tertiary/aromatic N) is 2. The van der Waals surface area contributed by atoms with E-state index in [9.17, 15) is 34.5 Å². The molecule has 0 unspecified atom stereocenters. The van der Waals surface area contributed by atoms with Gasteiger partial charge in [0.05, 0.1) is 33.1 Å².